The van der Waals surface area contributed by atoms with Crippen LogP contribution in [-0.4, -0.2) is 67.6 Å². The number of halogens is 2. The first-order chi connectivity index (χ1) is 11.2. The maximum atomic E-state index is 12.4. The topological polar surface area (TPSA) is 66.0 Å². The molecule has 0 amide bonds. The zero-order chi connectivity index (χ0) is 18.2. The van der Waals surface area contributed by atoms with Gasteiger partial charge in [0.05, 0.1) is 6.54 Å². The van der Waals surface area contributed by atoms with Crippen molar-refractivity contribution < 1.29 is 18.3 Å². The van der Waals surface area contributed by atoms with Gasteiger partial charge in [0.1, 0.15) is 12.1 Å². The van der Waals surface area contributed by atoms with E-state index in [-0.39, 0.29) is 25.1 Å². The second-order valence-electron chi connectivity index (χ2n) is 6.89. The van der Waals surface area contributed by atoms with Crippen LogP contribution in [0.2, 0.25) is 0 Å². The van der Waals surface area contributed by atoms with Gasteiger partial charge in [-0.3, -0.25) is 9.69 Å². The molecule has 1 aliphatic rings. The van der Waals surface area contributed by atoms with Crippen LogP contribution in [0.1, 0.15) is 40.5 Å². The lowest BCUT2D eigenvalue weighted by Crippen LogP contribution is -2.49. The fourth-order valence-electron chi connectivity index (χ4n) is 2.49. The first-order valence-corrected chi connectivity index (χ1v) is 8.46. The van der Waals surface area contributed by atoms with Gasteiger partial charge in [-0.25, -0.2) is 13.8 Å². The molecule has 1 rings (SSSR count). The Bertz CT molecular complexity index is 417. The number of carbonyl (C=O) groups excluding carboxylic acids is 1. The van der Waals surface area contributed by atoms with Gasteiger partial charge in [-0.05, 0) is 40.5 Å². The van der Waals surface area contributed by atoms with E-state index >= 15 is 0 Å². The number of likely N-dealkylation sites (tertiary alicyclic amines) is 1. The van der Waals surface area contributed by atoms with Crippen LogP contribution in [0.4, 0.5) is 8.78 Å². The molecular weight excluding hydrogens is 318 g/mol. The number of esters is 1. The van der Waals surface area contributed by atoms with Gasteiger partial charge in [-0.2, -0.15) is 0 Å². The number of nitrogens with zero attached hydrogens (tertiary/aromatic N) is 2. The van der Waals surface area contributed by atoms with E-state index in [0.29, 0.717) is 25.6 Å². The zero-order valence-corrected chi connectivity index (χ0v) is 15.1. The average molecular weight is 348 g/mol. The summed E-state index contributed by atoms with van der Waals surface area (Å²) < 4.78 is 30.0. The fraction of sp³-hybridized carbons (Fsp3) is 0.875. The number of rotatable bonds is 6. The van der Waals surface area contributed by atoms with Gasteiger partial charge in [0, 0.05) is 25.7 Å². The molecule has 1 fully saturated rings. The third-order valence-electron chi connectivity index (χ3n) is 3.46. The Morgan fingerprint density at radius 3 is 2.46 bits per heavy atom. The van der Waals surface area contributed by atoms with E-state index in [1.807, 2.05) is 27.7 Å². The molecule has 6 nitrogen and oxygen atoms in total. The van der Waals surface area contributed by atoms with Crippen LogP contribution in [-0.2, 0) is 9.53 Å². The van der Waals surface area contributed by atoms with Gasteiger partial charge >= 0.3 is 5.97 Å². The van der Waals surface area contributed by atoms with E-state index in [0.717, 1.165) is 12.8 Å². The van der Waals surface area contributed by atoms with Gasteiger partial charge in [0.2, 0.25) is 0 Å². The second kappa shape index (κ2) is 9.76. The Morgan fingerprint density at radius 1 is 1.33 bits per heavy atom. The van der Waals surface area contributed by atoms with Crippen molar-refractivity contribution in [2.24, 2.45) is 4.99 Å². The third kappa shape index (κ3) is 9.00. The van der Waals surface area contributed by atoms with Crippen LogP contribution >= 0.6 is 0 Å². The summed E-state index contributed by atoms with van der Waals surface area (Å²) >= 11 is 0. The van der Waals surface area contributed by atoms with Crippen molar-refractivity contribution >= 4 is 11.9 Å². The van der Waals surface area contributed by atoms with Crippen molar-refractivity contribution in [3.05, 3.63) is 0 Å². The molecule has 1 saturated heterocycles. The van der Waals surface area contributed by atoms with E-state index < -0.39 is 12.0 Å². The largest absolute Gasteiger partial charge is 0.459 e. The van der Waals surface area contributed by atoms with Crippen LogP contribution in [0.3, 0.4) is 0 Å². The molecular formula is C16H30F2N4O2. The lowest BCUT2D eigenvalue weighted by Gasteiger charge is -2.32. The van der Waals surface area contributed by atoms with Crippen molar-refractivity contribution in [2.75, 3.05) is 32.7 Å². The number of aliphatic imine (C=N–C) groups is 1. The molecule has 0 aromatic carbocycles. The first kappa shape index (κ1) is 20.6. The molecule has 0 unspecified atom stereocenters. The maximum Gasteiger partial charge on any atom is 0.328 e. The number of nitrogens with one attached hydrogen (secondary N) is 2. The minimum atomic E-state index is -2.29. The van der Waals surface area contributed by atoms with Crippen LogP contribution < -0.4 is 10.6 Å². The van der Waals surface area contributed by atoms with Crippen molar-refractivity contribution in [1.29, 1.82) is 0 Å². The van der Waals surface area contributed by atoms with Crippen LogP contribution in [0.5, 0.6) is 0 Å². The van der Waals surface area contributed by atoms with Crippen LogP contribution in [0.25, 0.3) is 0 Å². The van der Waals surface area contributed by atoms with Gasteiger partial charge in [-0.15, -0.1) is 0 Å². The lowest BCUT2D eigenvalue weighted by atomic mass is 10.1. The predicted molar refractivity (Wildman–Crippen MR) is 90.4 cm³/mol. The SMILES string of the molecule is CCNC(=NCC(=O)OC(C)(C)C)NC1CCN(CC(F)F)CC1. The van der Waals surface area contributed by atoms with Crippen LogP contribution in [0, 0.1) is 0 Å². The smallest absolute Gasteiger partial charge is 0.328 e. The number of hydrogen-bond acceptors (Lipinski definition) is 4. The monoisotopic (exact) mass is 348 g/mol. The minimum absolute atomic E-state index is 0.0587. The third-order valence-corrected chi connectivity index (χ3v) is 3.46. The van der Waals surface area contributed by atoms with Gasteiger partial charge < -0.3 is 15.4 Å². The Morgan fingerprint density at radius 2 is 1.96 bits per heavy atom. The maximum absolute atomic E-state index is 12.4. The van der Waals surface area contributed by atoms with E-state index in [1.54, 1.807) is 4.90 Å². The number of alkyl halides is 2. The molecule has 0 bridgehead atoms. The Balaban J connectivity index is 2.46. The molecule has 24 heavy (non-hydrogen) atoms. The molecule has 0 saturated carbocycles. The van der Waals surface area contributed by atoms with Crippen LogP contribution in [0.15, 0.2) is 4.99 Å². The summed E-state index contributed by atoms with van der Waals surface area (Å²) in [5.74, 6) is 0.169. The highest BCUT2D eigenvalue weighted by molar-refractivity contribution is 5.83. The molecule has 1 aliphatic heterocycles. The van der Waals surface area contributed by atoms with Crippen molar-refractivity contribution in [3.8, 4) is 0 Å². The molecule has 0 aromatic rings. The summed E-state index contributed by atoms with van der Waals surface area (Å²) in [5, 5.41) is 6.35. The normalized spacial score (nSPS) is 17.9. The highest BCUT2D eigenvalue weighted by Gasteiger charge is 2.22. The summed E-state index contributed by atoms with van der Waals surface area (Å²) in [6, 6.07) is 0.162. The van der Waals surface area contributed by atoms with E-state index in [9.17, 15) is 13.6 Å². The second-order valence-corrected chi connectivity index (χ2v) is 6.89. The van der Waals surface area contributed by atoms with Gasteiger partial charge in [0.15, 0.2) is 5.96 Å². The number of piperidine rings is 1. The molecule has 0 radical (unpaired) electrons. The summed E-state index contributed by atoms with van der Waals surface area (Å²) in [6.07, 6.45) is -0.755. The molecule has 140 valence electrons. The Hall–Kier alpha value is -1.44. The molecule has 8 heteroatoms. The van der Waals surface area contributed by atoms with Gasteiger partial charge in [0.25, 0.3) is 6.43 Å². The molecule has 0 aliphatic carbocycles. The summed E-state index contributed by atoms with van der Waals surface area (Å²) in [7, 11) is 0. The summed E-state index contributed by atoms with van der Waals surface area (Å²) in [6.45, 7) is 9.08. The number of carbonyl (C=O) groups is 1. The molecule has 0 atom stereocenters. The highest BCUT2D eigenvalue weighted by Crippen LogP contribution is 2.12. The quantitative estimate of drug-likeness (QED) is 0.434. The Labute approximate surface area is 143 Å². The van der Waals surface area contributed by atoms with E-state index in [1.165, 1.54) is 0 Å². The Kier molecular flexibility index (Phi) is 8.38. The predicted octanol–water partition coefficient (Wildman–Crippen LogP) is 1.61. The minimum Gasteiger partial charge on any atom is -0.459 e. The van der Waals surface area contributed by atoms with Gasteiger partial charge in [-0.1, -0.05) is 0 Å². The summed E-state index contributed by atoms with van der Waals surface area (Å²) in [5.41, 5.74) is -0.532. The van der Waals surface area contributed by atoms with Crippen molar-refractivity contribution in [2.45, 2.75) is 58.6 Å². The molecule has 2 N–H and O–H groups in total. The lowest BCUT2D eigenvalue weighted by molar-refractivity contribution is -0.152. The number of ether oxygens (including phenoxy) is 1. The number of guanidine groups is 1. The zero-order valence-electron chi connectivity index (χ0n) is 15.1. The highest BCUT2D eigenvalue weighted by atomic mass is 19.3. The molecule has 1 heterocycles. The summed E-state index contributed by atoms with van der Waals surface area (Å²) in [4.78, 5) is 17.8. The fourth-order valence-corrected chi connectivity index (χ4v) is 2.49. The van der Waals surface area contributed by atoms with E-state index in [4.69, 9.17) is 4.74 Å². The van der Waals surface area contributed by atoms with E-state index in [2.05, 4.69) is 15.6 Å². The average Bonchev–Trinajstić information content (AvgIpc) is 2.44. The molecule has 0 aromatic heterocycles. The van der Waals surface area contributed by atoms with Crippen molar-refractivity contribution in [3.63, 3.8) is 0 Å². The standard InChI is InChI=1S/C16H30F2N4O2/c1-5-19-15(20-10-14(23)24-16(2,3)4)21-12-6-8-22(9-7-12)11-13(17)18/h12-13H,5-11H2,1-4H3,(H2,19,20,21). The first-order valence-electron chi connectivity index (χ1n) is 8.46. The van der Waals surface area contributed by atoms with Crippen molar-refractivity contribution in [1.82, 2.24) is 15.5 Å². The number of hydrogen-bond donors (Lipinski definition) is 2. The molecule has 0 spiro atoms.